The highest BCUT2D eigenvalue weighted by atomic mass is 127. The van der Waals surface area contributed by atoms with E-state index in [1.54, 1.807) is 7.11 Å². The van der Waals surface area contributed by atoms with E-state index in [0.29, 0.717) is 18.1 Å². The molecule has 2 atom stereocenters. The number of carbonyl (C=O) groups excluding carboxylic acids is 1. The Kier molecular flexibility index (Phi) is 10.2. The molecule has 0 aromatic heterocycles. The molecule has 0 radical (unpaired) electrons. The Labute approximate surface area is 183 Å². The number of likely N-dealkylation sites (tertiary alicyclic amines) is 1. The van der Waals surface area contributed by atoms with E-state index in [0.717, 1.165) is 36.8 Å². The number of guanidine groups is 1. The lowest BCUT2D eigenvalue weighted by molar-refractivity contribution is -0.145. The van der Waals surface area contributed by atoms with Crippen LogP contribution < -0.4 is 10.1 Å². The van der Waals surface area contributed by atoms with Gasteiger partial charge in [0.15, 0.2) is 5.96 Å². The van der Waals surface area contributed by atoms with E-state index in [4.69, 9.17) is 26.1 Å². The first kappa shape index (κ1) is 23.8. The Hall–Kier alpha value is -1.22. The van der Waals surface area contributed by atoms with Gasteiger partial charge in [0, 0.05) is 31.2 Å². The van der Waals surface area contributed by atoms with Gasteiger partial charge in [-0.1, -0.05) is 24.6 Å². The Morgan fingerprint density at radius 1 is 1.37 bits per heavy atom. The maximum atomic E-state index is 11.9. The van der Waals surface area contributed by atoms with Crippen molar-refractivity contribution in [1.29, 1.82) is 0 Å². The Balaban J connectivity index is 0.00000364. The standard InChI is InChI=1S/C19H28ClN3O3.HI/c1-5-21-19(23-11-13(2)16(12-23)18(24)26-4)22-9-8-14-6-7-15(25-3)10-17(14)20;/h6-7,10,13,16H,5,8-9,11-12H2,1-4H3,(H,21,22);1H. The number of esters is 1. The summed E-state index contributed by atoms with van der Waals surface area (Å²) >= 11 is 6.29. The predicted octanol–water partition coefficient (Wildman–Crippen LogP) is 3.22. The lowest BCUT2D eigenvalue weighted by Gasteiger charge is -2.21. The first-order valence-electron chi connectivity index (χ1n) is 8.93. The molecule has 1 aliphatic rings. The van der Waals surface area contributed by atoms with Crippen LogP contribution in [-0.2, 0) is 16.0 Å². The topological polar surface area (TPSA) is 63.2 Å². The van der Waals surface area contributed by atoms with Crippen LogP contribution in [-0.4, -0.2) is 57.2 Å². The average Bonchev–Trinajstić information content (AvgIpc) is 3.03. The van der Waals surface area contributed by atoms with Crippen LogP contribution in [0.4, 0.5) is 0 Å². The van der Waals surface area contributed by atoms with Crippen molar-refractivity contribution < 1.29 is 14.3 Å². The normalized spacial score (nSPS) is 19.4. The summed E-state index contributed by atoms with van der Waals surface area (Å²) in [5, 5.41) is 4.00. The molecule has 27 heavy (non-hydrogen) atoms. The number of aliphatic imine (C=N–C) groups is 1. The molecule has 8 heteroatoms. The van der Waals surface area contributed by atoms with Gasteiger partial charge in [-0.15, -0.1) is 24.0 Å². The molecule has 2 unspecified atom stereocenters. The largest absolute Gasteiger partial charge is 0.497 e. The minimum atomic E-state index is -0.152. The van der Waals surface area contributed by atoms with E-state index >= 15 is 0 Å². The summed E-state index contributed by atoms with van der Waals surface area (Å²) in [6.45, 7) is 6.91. The number of carbonyl (C=O) groups is 1. The molecule has 6 nitrogen and oxygen atoms in total. The molecule has 0 bridgehead atoms. The van der Waals surface area contributed by atoms with Crippen molar-refractivity contribution in [3.05, 3.63) is 28.8 Å². The Morgan fingerprint density at radius 2 is 2.11 bits per heavy atom. The second-order valence-corrected chi connectivity index (χ2v) is 6.86. The zero-order valence-electron chi connectivity index (χ0n) is 16.3. The average molecular weight is 510 g/mol. The van der Waals surface area contributed by atoms with Crippen molar-refractivity contribution in [3.8, 4) is 5.75 Å². The molecule has 1 aromatic rings. The molecule has 1 heterocycles. The van der Waals surface area contributed by atoms with Gasteiger partial charge in [-0.25, -0.2) is 0 Å². The smallest absolute Gasteiger partial charge is 0.310 e. The highest BCUT2D eigenvalue weighted by molar-refractivity contribution is 14.0. The number of hydrogen-bond acceptors (Lipinski definition) is 4. The van der Waals surface area contributed by atoms with Gasteiger partial charge in [0.1, 0.15) is 5.75 Å². The highest BCUT2D eigenvalue weighted by Gasteiger charge is 2.36. The van der Waals surface area contributed by atoms with E-state index in [2.05, 4.69) is 17.1 Å². The fraction of sp³-hybridized carbons (Fsp3) is 0.579. The lowest BCUT2D eigenvalue weighted by Crippen LogP contribution is -2.40. The van der Waals surface area contributed by atoms with Crippen LogP contribution >= 0.6 is 35.6 Å². The number of rotatable bonds is 6. The number of nitrogens with zero attached hydrogens (tertiary/aromatic N) is 2. The fourth-order valence-corrected chi connectivity index (χ4v) is 3.43. The summed E-state index contributed by atoms with van der Waals surface area (Å²) in [5.74, 6) is 1.55. The number of hydrogen-bond donors (Lipinski definition) is 1. The summed E-state index contributed by atoms with van der Waals surface area (Å²) in [4.78, 5) is 18.8. The summed E-state index contributed by atoms with van der Waals surface area (Å²) in [6, 6.07) is 5.68. The third-order valence-corrected chi connectivity index (χ3v) is 5.01. The molecule has 0 amide bonds. The van der Waals surface area contributed by atoms with Crippen molar-refractivity contribution in [3.63, 3.8) is 0 Å². The van der Waals surface area contributed by atoms with Crippen molar-refractivity contribution in [2.45, 2.75) is 20.3 Å². The van der Waals surface area contributed by atoms with Crippen molar-refractivity contribution in [2.24, 2.45) is 16.8 Å². The highest BCUT2D eigenvalue weighted by Crippen LogP contribution is 2.25. The zero-order valence-corrected chi connectivity index (χ0v) is 19.4. The summed E-state index contributed by atoms with van der Waals surface area (Å²) in [5.41, 5.74) is 1.04. The second kappa shape index (κ2) is 11.6. The summed E-state index contributed by atoms with van der Waals surface area (Å²) in [7, 11) is 3.06. The van der Waals surface area contributed by atoms with Crippen molar-refractivity contribution in [2.75, 3.05) is 40.4 Å². The van der Waals surface area contributed by atoms with Crippen LogP contribution in [0, 0.1) is 11.8 Å². The zero-order chi connectivity index (χ0) is 19.1. The van der Waals surface area contributed by atoms with E-state index in [9.17, 15) is 4.79 Å². The van der Waals surface area contributed by atoms with Gasteiger partial charge in [-0.2, -0.15) is 0 Å². The van der Waals surface area contributed by atoms with E-state index in [1.165, 1.54) is 7.11 Å². The first-order valence-corrected chi connectivity index (χ1v) is 9.31. The van der Waals surface area contributed by atoms with Crippen LogP contribution in [0.1, 0.15) is 19.4 Å². The number of ether oxygens (including phenoxy) is 2. The molecule has 0 spiro atoms. The SMILES string of the molecule is CCNC(=NCCc1ccc(OC)cc1Cl)N1CC(C)C(C(=O)OC)C1.I. The van der Waals surface area contributed by atoms with Gasteiger partial charge in [-0.3, -0.25) is 9.79 Å². The molecule has 1 N–H and O–H groups in total. The second-order valence-electron chi connectivity index (χ2n) is 6.45. The van der Waals surface area contributed by atoms with Gasteiger partial charge in [-0.05, 0) is 37.0 Å². The quantitative estimate of drug-likeness (QED) is 0.276. The molecule has 1 aromatic carbocycles. The van der Waals surface area contributed by atoms with Crippen molar-refractivity contribution >= 4 is 47.5 Å². The molecule has 0 saturated carbocycles. The molecule has 1 fully saturated rings. The molecule has 1 saturated heterocycles. The molecule has 0 aliphatic carbocycles. The van der Waals surface area contributed by atoms with Crippen LogP contribution in [0.15, 0.2) is 23.2 Å². The monoisotopic (exact) mass is 509 g/mol. The molecular weight excluding hydrogens is 481 g/mol. The van der Waals surface area contributed by atoms with Crippen LogP contribution in [0.25, 0.3) is 0 Å². The molecular formula is C19H29ClIN3O3. The van der Waals surface area contributed by atoms with E-state index < -0.39 is 0 Å². The van der Waals surface area contributed by atoms with E-state index in [-0.39, 0.29) is 41.8 Å². The molecule has 2 rings (SSSR count). The van der Waals surface area contributed by atoms with Gasteiger partial charge < -0.3 is 19.7 Å². The van der Waals surface area contributed by atoms with Crippen LogP contribution in [0.2, 0.25) is 5.02 Å². The van der Waals surface area contributed by atoms with Gasteiger partial charge in [0.2, 0.25) is 0 Å². The van der Waals surface area contributed by atoms with Gasteiger partial charge >= 0.3 is 5.97 Å². The molecule has 1 aliphatic heterocycles. The number of halogens is 2. The summed E-state index contributed by atoms with van der Waals surface area (Å²) < 4.78 is 10.1. The minimum Gasteiger partial charge on any atom is -0.497 e. The first-order chi connectivity index (χ1) is 12.5. The Bertz CT molecular complexity index is 657. The van der Waals surface area contributed by atoms with E-state index in [1.807, 2.05) is 25.1 Å². The number of nitrogens with one attached hydrogen (secondary N) is 1. The maximum absolute atomic E-state index is 11.9. The maximum Gasteiger partial charge on any atom is 0.310 e. The lowest BCUT2D eigenvalue weighted by atomic mass is 9.99. The Morgan fingerprint density at radius 3 is 2.70 bits per heavy atom. The van der Waals surface area contributed by atoms with Crippen LogP contribution in [0.3, 0.4) is 0 Å². The number of methoxy groups -OCH3 is 2. The van der Waals surface area contributed by atoms with Crippen LogP contribution in [0.5, 0.6) is 5.75 Å². The fourth-order valence-electron chi connectivity index (χ4n) is 3.16. The number of benzene rings is 1. The molecule has 152 valence electrons. The summed E-state index contributed by atoms with van der Waals surface area (Å²) in [6.07, 6.45) is 0.738. The van der Waals surface area contributed by atoms with Crippen molar-refractivity contribution in [1.82, 2.24) is 10.2 Å². The van der Waals surface area contributed by atoms with Gasteiger partial charge in [0.05, 0.1) is 20.1 Å². The third kappa shape index (κ3) is 6.41. The predicted molar refractivity (Wildman–Crippen MR) is 119 cm³/mol. The van der Waals surface area contributed by atoms with Gasteiger partial charge in [0.25, 0.3) is 0 Å². The minimum absolute atomic E-state index is 0. The third-order valence-electron chi connectivity index (χ3n) is 4.65.